The lowest BCUT2D eigenvalue weighted by Crippen LogP contribution is -2.47. The fraction of sp³-hybridized carbons (Fsp3) is 1.00. The van der Waals surface area contributed by atoms with Crippen molar-refractivity contribution in [3.8, 4) is 0 Å². The van der Waals surface area contributed by atoms with Gasteiger partial charge < -0.3 is 15.1 Å². The Balaban J connectivity index is 2.14. The summed E-state index contributed by atoms with van der Waals surface area (Å²) in [4.78, 5) is 4.97. The minimum absolute atomic E-state index is 0.294. The molecule has 1 aliphatic heterocycles. The van der Waals surface area contributed by atoms with Gasteiger partial charge in [0.1, 0.15) is 0 Å². The number of hydrogen-bond acceptors (Lipinski definition) is 3. The van der Waals surface area contributed by atoms with E-state index in [0.29, 0.717) is 5.54 Å². The van der Waals surface area contributed by atoms with Gasteiger partial charge in [-0.1, -0.05) is 6.92 Å². The molecule has 0 radical (unpaired) electrons. The summed E-state index contributed by atoms with van der Waals surface area (Å²) in [6.07, 6.45) is 3.84. The molecular weight excluding hydrogens is 210 g/mol. The fourth-order valence-electron chi connectivity index (χ4n) is 2.34. The molecule has 0 amide bonds. The SMILES string of the molecule is CCC(C)(C)NCCN1CCC(N(C)C)CC1. The summed E-state index contributed by atoms with van der Waals surface area (Å²) in [5.74, 6) is 0. The van der Waals surface area contributed by atoms with Gasteiger partial charge in [-0.15, -0.1) is 0 Å². The molecule has 1 fully saturated rings. The maximum Gasteiger partial charge on any atom is 0.0123 e. The maximum atomic E-state index is 3.64. The quantitative estimate of drug-likeness (QED) is 0.765. The van der Waals surface area contributed by atoms with Crippen LogP contribution >= 0.6 is 0 Å². The number of likely N-dealkylation sites (tertiary alicyclic amines) is 1. The first-order valence-corrected chi connectivity index (χ1v) is 7.08. The molecule has 3 heteroatoms. The molecule has 0 unspecified atom stereocenters. The highest BCUT2D eigenvalue weighted by Gasteiger charge is 2.20. The van der Waals surface area contributed by atoms with E-state index in [-0.39, 0.29) is 0 Å². The molecule has 0 spiro atoms. The van der Waals surface area contributed by atoms with Crippen LogP contribution in [0.1, 0.15) is 40.0 Å². The van der Waals surface area contributed by atoms with Crippen molar-refractivity contribution in [1.29, 1.82) is 0 Å². The second kappa shape index (κ2) is 6.72. The van der Waals surface area contributed by atoms with Gasteiger partial charge in [0.05, 0.1) is 0 Å². The molecule has 3 nitrogen and oxygen atoms in total. The van der Waals surface area contributed by atoms with Crippen molar-refractivity contribution in [2.75, 3.05) is 40.3 Å². The van der Waals surface area contributed by atoms with Crippen molar-refractivity contribution in [3.63, 3.8) is 0 Å². The van der Waals surface area contributed by atoms with Gasteiger partial charge in [0, 0.05) is 24.7 Å². The third-order valence-electron chi connectivity index (χ3n) is 4.20. The van der Waals surface area contributed by atoms with Crippen molar-refractivity contribution >= 4 is 0 Å². The van der Waals surface area contributed by atoms with E-state index in [4.69, 9.17) is 0 Å². The molecular formula is C14H31N3. The predicted octanol–water partition coefficient (Wildman–Crippen LogP) is 1.79. The van der Waals surface area contributed by atoms with Gasteiger partial charge >= 0.3 is 0 Å². The van der Waals surface area contributed by atoms with E-state index in [1.54, 1.807) is 0 Å². The number of rotatable bonds is 6. The average Bonchev–Trinajstić information content (AvgIpc) is 2.29. The molecule has 0 aromatic heterocycles. The van der Waals surface area contributed by atoms with Gasteiger partial charge in [-0.2, -0.15) is 0 Å². The summed E-state index contributed by atoms with van der Waals surface area (Å²) in [5, 5.41) is 3.64. The Bertz CT molecular complexity index is 206. The van der Waals surface area contributed by atoms with Crippen LogP contribution in [0.15, 0.2) is 0 Å². The van der Waals surface area contributed by atoms with Crippen molar-refractivity contribution in [2.45, 2.75) is 51.6 Å². The zero-order valence-corrected chi connectivity index (χ0v) is 12.4. The van der Waals surface area contributed by atoms with Crippen LogP contribution in [-0.4, -0.2) is 61.7 Å². The molecule has 1 heterocycles. The Hall–Kier alpha value is -0.120. The topological polar surface area (TPSA) is 18.5 Å². The van der Waals surface area contributed by atoms with Gasteiger partial charge in [0.25, 0.3) is 0 Å². The zero-order valence-electron chi connectivity index (χ0n) is 12.4. The summed E-state index contributed by atoms with van der Waals surface area (Å²) < 4.78 is 0. The lowest BCUT2D eigenvalue weighted by molar-refractivity contribution is 0.143. The first kappa shape index (κ1) is 14.9. The third-order valence-corrected chi connectivity index (χ3v) is 4.20. The summed E-state index contributed by atoms with van der Waals surface area (Å²) >= 11 is 0. The molecule has 0 aromatic rings. The lowest BCUT2D eigenvalue weighted by atomic mass is 10.0. The van der Waals surface area contributed by atoms with E-state index < -0.39 is 0 Å². The maximum absolute atomic E-state index is 3.64. The monoisotopic (exact) mass is 241 g/mol. The highest BCUT2D eigenvalue weighted by Crippen LogP contribution is 2.13. The lowest BCUT2D eigenvalue weighted by Gasteiger charge is -2.36. The first-order chi connectivity index (χ1) is 7.94. The summed E-state index contributed by atoms with van der Waals surface area (Å²) in [5.41, 5.74) is 0.294. The van der Waals surface area contributed by atoms with E-state index in [0.717, 1.165) is 12.6 Å². The number of hydrogen-bond donors (Lipinski definition) is 1. The standard InChI is InChI=1S/C14H31N3/c1-6-14(2,3)15-9-12-17-10-7-13(8-11-17)16(4)5/h13,15H,6-12H2,1-5H3. The normalized spacial score (nSPS) is 20.1. The molecule has 0 aliphatic carbocycles. The van der Waals surface area contributed by atoms with Crippen LogP contribution < -0.4 is 5.32 Å². The molecule has 17 heavy (non-hydrogen) atoms. The molecule has 0 saturated carbocycles. The van der Waals surface area contributed by atoms with Gasteiger partial charge in [-0.25, -0.2) is 0 Å². The van der Waals surface area contributed by atoms with Gasteiger partial charge in [-0.05, 0) is 60.3 Å². The van der Waals surface area contributed by atoms with E-state index in [1.807, 2.05) is 0 Å². The average molecular weight is 241 g/mol. The van der Waals surface area contributed by atoms with E-state index >= 15 is 0 Å². The van der Waals surface area contributed by atoms with Crippen molar-refractivity contribution in [3.05, 3.63) is 0 Å². The van der Waals surface area contributed by atoms with E-state index in [9.17, 15) is 0 Å². The second-order valence-corrected chi connectivity index (χ2v) is 6.20. The largest absolute Gasteiger partial charge is 0.311 e. The first-order valence-electron chi connectivity index (χ1n) is 7.08. The Morgan fingerprint density at radius 1 is 1.24 bits per heavy atom. The molecule has 1 rings (SSSR count). The minimum Gasteiger partial charge on any atom is -0.311 e. The highest BCUT2D eigenvalue weighted by molar-refractivity contribution is 4.79. The molecule has 1 saturated heterocycles. The molecule has 0 atom stereocenters. The Morgan fingerprint density at radius 2 is 1.82 bits per heavy atom. The van der Waals surface area contributed by atoms with Crippen LogP contribution in [0.3, 0.4) is 0 Å². The highest BCUT2D eigenvalue weighted by atomic mass is 15.2. The molecule has 0 bridgehead atoms. The molecule has 102 valence electrons. The molecule has 0 aromatic carbocycles. The fourth-order valence-corrected chi connectivity index (χ4v) is 2.34. The van der Waals surface area contributed by atoms with Crippen LogP contribution in [0.25, 0.3) is 0 Å². The smallest absolute Gasteiger partial charge is 0.0123 e. The van der Waals surface area contributed by atoms with Crippen LogP contribution in [0.2, 0.25) is 0 Å². The van der Waals surface area contributed by atoms with Gasteiger partial charge in [0.2, 0.25) is 0 Å². The van der Waals surface area contributed by atoms with Crippen LogP contribution in [0.4, 0.5) is 0 Å². The van der Waals surface area contributed by atoms with Gasteiger partial charge in [-0.3, -0.25) is 0 Å². The molecule has 1 N–H and O–H groups in total. The summed E-state index contributed by atoms with van der Waals surface area (Å²) in [6, 6.07) is 0.797. The second-order valence-electron chi connectivity index (χ2n) is 6.20. The Labute approximate surface area is 108 Å². The third kappa shape index (κ3) is 5.36. The zero-order chi connectivity index (χ0) is 12.9. The minimum atomic E-state index is 0.294. The number of nitrogens with zero attached hydrogens (tertiary/aromatic N) is 2. The van der Waals surface area contributed by atoms with Crippen molar-refractivity contribution in [1.82, 2.24) is 15.1 Å². The Morgan fingerprint density at radius 3 is 2.29 bits per heavy atom. The Kier molecular flexibility index (Phi) is 5.90. The van der Waals surface area contributed by atoms with E-state index in [1.165, 1.54) is 38.9 Å². The van der Waals surface area contributed by atoms with Gasteiger partial charge in [0.15, 0.2) is 0 Å². The van der Waals surface area contributed by atoms with Crippen molar-refractivity contribution in [2.24, 2.45) is 0 Å². The summed E-state index contributed by atoms with van der Waals surface area (Å²) in [6.45, 7) is 11.7. The summed E-state index contributed by atoms with van der Waals surface area (Å²) in [7, 11) is 4.40. The number of nitrogens with one attached hydrogen (secondary N) is 1. The van der Waals surface area contributed by atoms with Crippen molar-refractivity contribution < 1.29 is 0 Å². The van der Waals surface area contributed by atoms with Crippen LogP contribution in [0.5, 0.6) is 0 Å². The predicted molar refractivity (Wildman–Crippen MR) is 75.5 cm³/mol. The number of piperidine rings is 1. The van der Waals surface area contributed by atoms with E-state index in [2.05, 4.69) is 50.0 Å². The van der Waals surface area contributed by atoms with Crippen LogP contribution in [0, 0.1) is 0 Å². The van der Waals surface area contributed by atoms with Crippen LogP contribution in [-0.2, 0) is 0 Å². The molecule has 1 aliphatic rings.